The Kier molecular flexibility index (Phi) is 5.48. The van der Waals surface area contributed by atoms with Gasteiger partial charge in [0.05, 0.1) is 10.3 Å². The number of rotatable bonds is 5. The standard InChI is InChI=1S/C13H20N2OS/c1-5-15(6-2)13(16)11(4)17-12-8-7-10(3)9-14-12/h7-9,11H,5-6H2,1-4H3. The van der Waals surface area contributed by atoms with E-state index in [0.717, 1.165) is 23.7 Å². The Bertz CT molecular complexity index is 360. The van der Waals surface area contributed by atoms with Crippen molar-refractivity contribution >= 4 is 17.7 Å². The maximum absolute atomic E-state index is 12.1. The predicted molar refractivity (Wildman–Crippen MR) is 72.2 cm³/mol. The van der Waals surface area contributed by atoms with Gasteiger partial charge in [0.25, 0.3) is 0 Å². The number of nitrogens with zero attached hydrogens (tertiary/aromatic N) is 2. The number of thioether (sulfide) groups is 1. The van der Waals surface area contributed by atoms with Crippen molar-refractivity contribution in [1.82, 2.24) is 9.88 Å². The first kappa shape index (κ1) is 14.0. The monoisotopic (exact) mass is 252 g/mol. The number of aryl methyl sites for hydroxylation is 1. The molecule has 17 heavy (non-hydrogen) atoms. The lowest BCUT2D eigenvalue weighted by atomic mass is 10.3. The van der Waals surface area contributed by atoms with Gasteiger partial charge in [-0.3, -0.25) is 4.79 Å². The summed E-state index contributed by atoms with van der Waals surface area (Å²) in [6.07, 6.45) is 1.83. The summed E-state index contributed by atoms with van der Waals surface area (Å²) in [5, 5.41) is 0.828. The van der Waals surface area contributed by atoms with E-state index in [1.807, 2.05) is 50.9 Å². The molecule has 3 nitrogen and oxygen atoms in total. The summed E-state index contributed by atoms with van der Waals surface area (Å²) < 4.78 is 0. The lowest BCUT2D eigenvalue weighted by Crippen LogP contribution is -2.36. The van der Waals surface area contributed by atoms with Crippen molar-refractivity contribution in [2.75, 3.05) is 13.1 Å². The minimum Gasteiger partial charge on any atom is -0.342 e. The van der Waals surface area contributed by atoms with Crippen LogP contribution in [0.25, 0.3) is 0 Å². The van der Waals surface area contributed by atoms with Gasteiger partial charge in [0, 0.05) is 19.3 Å². The van der Waals surface area contributed by atoms with Crippen LogP contribution >= 0.6 is 11.8 Å². The first-order valence-electron chi connectivity index (χ1n) is 5.96. The highest BCUT2D eigenvalue weighted by Gasteiger charge is 2.19. The van der Waals surface area contributed by atoms with Crippen molar-refractivity contribution in [3.63, 3.8) is 0 Å². The molecule has 0 spiro atoms. The number of carbonyl (C=O) groups excluding carboxylic acids is 1. The van der Waals surface area contributed by atoms with Crippen LogP contribution in [0.2, 0.25) is 0 Å². The summed E-state index contributed by atoms with van der Waals surface area (Å²) in [6.45, 7) is 9.48. The van der Waals surface area contributed by atoms with Gasteiger partial charge in [0.1, 0.15) is 0 Å². The molecular weight excluding hydrogens is 232 g/mol. The van der Waals surface area contributed by atoms with E-state index in [2.05, 4.69) is 4.98 Å². The molecule has 4 heteroatoms. The van der Waals surface area contributed by atoms with E-state index in [-0.39, 0.29) is 11.2 Å². The Labute approximate surface area is 108 Å². The molecule has 0 bridgehead atoms. The minimum atomic E-state index is -0.0786. The fourth-order valence-corrected chi connectivity index (χ4v) is 2.42. The Hall–Kier alpha value is -1.03. The van der Waals surface area contributed by atoms with Gasteiger partial charge in [-0.15, -0.1) is 0 Å². The third-order valence-corrected chi connectivity index (χ3v) is 3.64. The molecule has 1 aromatic heterocycles. The molecule has 1 amide bonds. The van der Waals surface area contributed by atoms with E-state index in [1.54, 1.807) is 0 Å². The molecule has 1 aromatic rings. The van der Waals surface area contributed by atoms with E-state index in [9.17, 15) is 4.79 Å². The van der Waals surface area contributed by atoms with Crippen molar-refractivity contribution in [2.24, 2.45) is 0 Å². The van der Waals surface area contributed by atoms with Crippen LogP contribution in [0.3, 0.4) is 0 Å². The second-order valence-electron chi connectivity index (χ2n) is 3.94. The summed E-state index contributed by atoms with van der Waals surface area (Å²) in [5.74, 6) is 0.183. The smallest absolute Gasteiger partial charge is 0.235 e. The Morgan fingerprint density at radius 3 is 2.53 bits per heavy atom. The largest absolute Gasteiger partial charge is 0.342 e. The second-order valence-corrected chi connectivity index (χ2v) is 5.31. The van der Waals surface area contributed by atoms with Crippen molar-refractivity contribution in [2.45, 2.75) is 38.0 Å². The molecule has 0 N–H and O–H groups in total. The Morgan fingerprint density at radius 1 is 1.41 bits per heavy atom. The number of amides is 1. The van der Waals surface area contributed by atoms with Gasteiger partial charge in [-0.2, -0.15) is 0 Å². The van der Waals surface area contributed by atoms with Crippen molar-refractivity contribution in [3.8, 4) is 0 Å². The molecule has 0 aliphatic heterocycles. The fraction of sp³-hybridized carbons (Fsp3) is 0.538. The number of aromatic nitrogens is 1. The van der Waals surface area contributed by atoms with Gasteiger partial charge < -0.3 is 4.90 Å². The quantitative estimate of drug-likeness (QED) is 0.755. The molecule has 1 heterocycles. The lowest BCUT2D eigenvalue weighted by molar-refractivity contribution is -0.129. The molecule has 0 saturated carbocycles. The molecule has 0 aromatic carbocycles. The number of pyridine rings is 1. The Balaban J connectivity index is 2.62. The maximum Gasteiger partial charge on any atom is 0.235 e. The fourth-order valence-electron chi connectivity index (χ4n) is 1.55. The minimum absolute atomic E-state index is 0.0786. The topological polar surface area (TPSA) is 33.2 Å². The first-order valence-corrected chi connectivity index (χ1v) is 6.84. The summed E-state index contributed by atoms with van der Waals surface area (Å²) in [6, 6.07) is 3.98. The molecule has 0 aliphatic carbocycles. The van der Waals surface area contributed by atoms with Crippen LogP contribution < -0.4 is 0 Å². The number of carbonyl (C=O) groups is 1. The molecule has 1 rings (SSSR count). The molecule has 1 atom stereocenters. The molecule has 0 saturated heterocycles. The van der Waals surface area contributed by atoms with Gasteiger partial charge in [-0.05, 0) is 39.3 Å². The van der Waals surface area contributed by atoms with Gasteiger partial charge >= 0.3 is 0 Å². The number of hydrogen-bond acceptors (Lipinski definition) is 3. The van der Waals surface area contributed by atoms with E-state index in [1.165, 1.54) is 11.8 Å². The third-order valence-electron chi connectivity index (χ3n) is 2.60. The highest BCUT2D eigenvalue weighted by atomic mass is 32.2. The summed E-state index contributed by atoms with van der Waals surface area (Å²) in [4.78, 5) is 18.2. The van der Waals surface area contributed by atoms with Gasteiger partial charge in [-0.1, -0.05) is 17.8 Å². The molecule has 0 fully saturated rings. The molecule has 0 aliphatic rings. The Morgan fingerprint density at radius 2 is 2.06 bits per heavy atom. The van der Waals surface area contributed by atoms with Crippen LogP contribution in [0.15, 0.2) is 23.4 Å². The highest BCUT2D eigenvalue weighted by molar-refractivity contribution is 8.00. The maximum atomic E-state index is 12.1. The van der Waals surface area contributed by atoms with Crippen LogP contribution in [0.4, 0.5) is 0 Å². The predicted octanol–water partition coefficient (Wildman–Crippen LogP) is 2.74. The van der Waals surface area contributed by atoms with Crippen LogP contribution in [-0.4, -0.2) is 34.1 Å². The van der Waals surface area contributed by atoms with E-state index < -0.39 is 0 Å². The van der Waals surface area contributed by atoms with E-state index in [0.29, 0.717) is 0 Å². The SMILES string of the molecule is CCN(CC)C(=O)C(C)Sc1ccc(C)cn1. The molecule has 1 unspecified atom stereocenters. The van der Waals surface area contributed by atoms with Gasteiger partial charge in [0.15, 0.2) is 0 Å². The average Bonchev–Trinajstić information content (AvgIpc) is 2.33. The second kappa shape index (κ2) is 6.64. The molecular formula is C13H20N2OS. The van der Waals surface area contributed by atoms with Crippen molar-refractivity contribution in [1.29, 1.82) is 0 Å². The first-order chi connectivity index (χ1) is 8.08. The molecule has 94 valence electrons. The average molecular weight is 252 g/mol. The normalized spacial score (nSPS) is 12.2. The van der Waals surface area contributed by atoms with Crippen LogP contribution in [0, 0.1) is 6.92 Å². The summed E-state index contributed by atoms with van der Waals surface area (Å²) >= 11 is 1.52. The van der Waals surface area contributed by atoms with Gasteiger partial charge in [-0.25, -0.2) is 4.98 Å². The van der Waals surface area contributed by atoms with E-state index in [4.69, 9.17) is 0 Å². The van der Waals surface area contributed by atoms with Crippen LogP contribution in [0.5, 0.6) is 0 Å². The lowest BCUT2D eigenvalue weighted by Gasteiger charge is -2.22. The summed E-state index contributed by atoms with van der Waals surface area (Å²) in [5.41, 5.74) is 1.14. The zero-order chi connectivity index (χ0) is 12.8. The van der Waals surface area contributed by atoms with E-state index >= 15 is 0 Å². The zero-order valence-electron chi connectivity index (χ0n) is 10.9. The van der Waals surface area contributed by atoms with Crippen LogP contribution in [-0.2, 0) is 4.79 Å². The number of hydrogen-bond donors (Lipinski definition) is 0. The highest BCUT2D eigenvalue weighted by Crippen LogP contribution is 2.22. The summed E-state index contributed by atoms with van der Waals surface area (Å²) in [7, 11) is 0. The van der Waals surface area contributed by atoms with Gasteiger partial charge in [0.2, 0.25) is 5.91 Å². The van der Waals surface area contributed by atoms with Crippen molar-refractivity contribution < 1.29 is 4.79 Å². The zero-order valence-corrected chi connectivity index (χ0v) is 11.8. The molecule has 0 radical (unpaired) electrons. The van der Waals surface area contributed by atoms with Crippen LogP contribution in [0.1, 0.15) is 26.3 Å². The van der Waals surface area contributed by atoms with Crippen molar-refractivity contribution in [3.05, 3.63) is 23.9 Å². The third kappa shape index (κ3) is 4.04.